The number of nitrogens with one attached hydrogen (secondary N) is 2. The van der Waals surface area contributed by atoms with E-state index in [2.05, 4.69) is 23.0 Å². The molecule has 33 heavy (non-hydrogen) atoms. The molecule has 0 bridgehead atoms. The average Bonchev–Trinajstić information content (AvgIpc) is 3.17. The number of hydrogen-bond donors (Lipinski definition) is 3. The topological polar surface area (TPSA) is 90.9 Å². The Hall–Kier alpha value is -2.69. The fourth-order valence-electron chi connectivity index (χ4n) is 3.76. The largest absolute Gasteiger partial charge is 0.477 e. The molecule has 7 nitrogen and oxygen atoms in total. The minimum atomic E-state index is -3.60. The van der Waals surface area contributed by atoms with Gasteiger partial charge in [-0.1, -0.05) is 31.2 Å². The van der Waals surface area contributed by atoms with E-state index in [4.69, 9.17) is 4.74 Å². The number of aryl methyl sites for hydroxylation is 1. The monoisotopic (exact) mass is 481 g/mol. The smallest absolute Gasteiger partial charge is 0.231 e. The van der Waals surface area contributed by atoms with Gasteiger partial charge in [-0.05, 0) is 41.7 Å². The van der Waals surface area contributed by atoms with Crippen LogP contribution in [0.5, 0.6) is 0 Å². The first kappa shape index (κ1) is 24.9. The van der Waals surface area contributed by atoms with Gasteiger partial charge in [-0.15, -0.1) is 0 Å². The van der Waals surface area contributed by atoms with Crippen molar-refractivity contribution in [2.75, 3.05) is 19.5 Å². The van der Waals surface area contributed by atoms with E-state index in [1.165, 1.54) is 28.9 Å². The summed E-state index contributed by atoms with van der Waals surface area (Å²) in [6.45, 7) is 2.74. The van der Waals surface area contributed by atoms with Crippen LogP contribution >= 0.6 is 0 Å². The van der Waals surface area contributed by atoms with Crippen LogP contribution in [0.2, 0.25) is 0 Å². The van der Waals surface area contributed by atoms with Gasteiger partial charge in [-0.2, -0.15) is 0 Å². The Kier molecular flexibility index (Phi) is 8.28. The van der Waals surface area contributed by atoms with Crippen LogP contribution in [0.25, 0.3) is 0 Å². The van der Waals surface area contributed by atoms with Gasteiger partial charge in [0.2, 0.25) is 10.0 Å². The van der Waals surface area contributed by atoms with Crippen LogP contribution in [-0.4, -0.2) is 50.1 Å². The molecule has 2 aromatic carbocycles. The molecule has 1 aliphatic heterocycles. The van der Waals surface area contributed by atoms with Crippen LogP contribution in [0, 0.1) is 11.6 Å². The fourth-order valence-corrected chi connectivity index (χ4v) is 4.31. The van der Waals surface area contributed by atoms with Gasteiger partial charge < -0.3 is 20.1 Å². The second-order valence-electron chi connectivity index (χ2n) is 8.06. The zero-order valence-electron chi connectivity index (χ0n) is 18.6. The van der Waals surface area contributed by atoms with Crippen LogP contribution in [0.15, 0.2) is 54.5 Å². The lowest BCUT2D eigenvalue weighted by molar-refractivity contribution is 0.0365. The molecule has 3 N–H and O–H groups in total. The Bertz CT molecular complexity index is 1070. The number of rotatable bonds is 11. The van der Waals surface area contributed by atoms with E-state index >= 15 is 0 Å². The number of benzene rings is 2. The van der Waals surface area contributed by atoms with Crippen LogP contribution in [-0.2, 0) is 34.1 Å². The van der Waals surface area contributed by atoms with Gasteiger partial charge in [-0.25, -0.2) is 17.2 Å². The molecule has 0 saturated heterocycles. The zero-order valence-corrected chi connectivity index (χ0v) is 19.4. The first-order valence-corrected chi connectivity index (χ1v) is 12.5. The van der Waals surface area contributed by atoms with E-state index in [1.807, 2.05) is 18.2 Å². The molecule has 2 aromatic rings. The Morgan fingerprint density at radius 3 is 2.48 bits per heavy atom. The van der Waals surface area contributed by atoms with E-state index < -0.39 is 33.8 Å². The molecule has 0 unspecified atom stereocenters. The predicted octanol–water partition coefficient (Wildman–Crippen LogP) is 2.23. The van der Waals surface area contributed by atoms with E-state index in [-0.39, 0.29) is 25.5 Å². The Morgan fingerprint density at radius 2 is 1.82 bits per heavy atom. The fraction of sp³-hybridized carbons (Fsp3) is 0.391. The molecule has 180 valence electrons. The molecule has 0 amide bonds. The van der Waals surface area contributed by atoms with Gasteiger partial charge in [0.1, 0.15) is 17.9 Å². The summed E-state index contributed by atoms with van der Waals surface area (Å²) >= 11 is 0. The van der Waals surface area contributed by atoms with E-state index in [9.17, 15) is 22.3 Å². The van der Waals surface area contributed by atoms with Crippen molar-refractivity contribution in [1.82, 2.24) is 14.9 Å². The summed E-state index contributed by atoms with van der Waals surface area (Å²) < 4.78 is 58.6. The van der Waals surface area contributed by atoms with Gasteiger partial charge >= 0.3 is 0 Å². The highest BCUT2D eigenvalue weighted by Gasteiger charge is 2.32. The van der Waals surface area contributed by atoms with Crippen molar-refractivity contribution in [2.45, 2.75) is 38.5 Å². The highest BCUT2D eigenvalue weighted by molar-refractivity contribution is 7.88. The molecule has 10 heteroatoms. The number of halogens is 2. The molecular formula is C23H29F2N3O4S. The van der Waals surface area contributed by atoms with Crippen molar-refractivity contribution in [3.05, 3.63) is 82.9 Å². The van der Waals surface area contributed by atoms with Crippen molar-refractivity contribution in [1.29, 1.82) is 0 Å². The molecular weight excluding hydrogens is 452 g/mol. The molecule has 2 atom stereocenters. The summed E-state index contributed by atoms with van der Waals surface area (Å²) in [5, 5.41) is 14.2. The highest BCUT2D eigenvalue weighted by atomic mass is 32.2. The number of nitrogens with zero attached hydrogens (tertiary/aromatic N) is 1. The summed E-state index contributed by atoms with van der Waals surface area (Å²) in [4.78, 5) is 1.54. The lowest BCUT2D eigenvalue weighted by atomic mass is 9.99. The average molecular weight is 482 g/mol. The number of aliphatic hydroxyl groups excluding tert-OH is 1. The zero-order chi connectivity index (χ0) is 24.0. The predicted molar refractivity (Wildman–Crippen MR) is 121 cm³/mol. The third-order valence-electron chi connectivity index (χ3n) is 5.30. The van der Waals surface area contributed by atoms with Crippen LogP contribution in [0.1, 0.15) is 23.6 Å². The lowest BCUT2D eigenvalue weighted by Gasteiger charge is -2.34. The van der Waals surface area contributed by atoms with Gasteiger partial charge in [0.25, 0.3) is 0 Å². The maximum Gasteiger partial charge on any atom is 0.231 e. The third kappa shape index (κ3) is 7.41. The lowest BCUT2D eigenvalue weighted by Crippen LogP contribution is -2.50. The number of ether oxygens (including phenoxy) is 1. The molecule has 0 fully saturated rings. The second kappa shape index (κ2) is 11.0. The third-order valence-corrected chi connectivity index (χ3v) is 5.88. The summed E-state index contributed by atoms with van der Waals surface area (Å²) in [5.74, 6) is -1.31. The SMILES string of the molecule is CCc1cccc(CNC[C@@H](O)[C@H](Cc2cc(F)cc(F)c2)N2COC=C2NS(C)(=O)=O)c1. The van der Waals surface area contributed by atoms with Gasteiger partial charge in [0.05, 0.1) is 18.4 Å². The van der Waals surface area contributed by atoms with Gasteiger partial charge in [-0.3, -0.25) is 4.72 Å². The molecule has 0 saturated carbocycles. The van der Waals surface area contributed by atoms with Crippen molar-refractivity contribution in [3.63, 3.8) is 0 Å². The Morgan fingerprint density at radius 1 is 1.12 bits per heavy atom. The second-order valence-corrected chi connectivity index (χ2v) is 9.81. The minimum Gasteiger partial charge on any atom is -0.477 e. The van der Waals surface area contributed by atoms with Crippen molar-refractivity contribution >= 4 is 10.0 Å². The van der Waals surface area contributed by atoms with E-state index in [0.29, 0.717) is 12.1 Å². The highest BCUT2D eigenvalue weighted by Crippen LogP contribution is 2.22. The van der Waals surface area contributed by atoms with Crippen LogP contribution in [0.4, 0.5) is 8.78 Å². The van der Waals surface area contributed by atoms with E-state index in [0.717, 1.165) is 24.3 Å². The number of hydrogen-bond acceptors (Lipinski definition) is 6. The minimum absolute atomic E-state index is 0.0179. The van der Waals surface area contributed by atoms with E-state index in [1.54, 1.807) is 0 Å². The summed E-state index contributed by atoms with van der Waals surface area (Å²) in [6, 6.07) is 10.5. The molecule has 1 aliphatic rings. The standard InChI is InChI=1S/C23H29F2N3O4S/c1-3-16-5-4-6-17(7-16)12-26-13-22(29)21(10-18-8-19(24)11-20(25)9-18)28-15-32-14-23(28)27-33(2,30)31/h4-9,11,14,21-22,26-27,29H,3,10,12-13,15H2,1-2H3/t21-,22+/m0/s1. The van der Waals surface area contributed by atoms with Gasteiger partial charge in [0, 0.05) is 19.2 Å². The summed E-state index contributed by atoms with van der Waals surface area (Å²) in [6.07, 6.45) is 2.23. The normalized spacial score (nSPS) is 15.7. The maximum absolute atomic E-state index is 13.8. The Balaban J connectivity index is 1.75. The molecule has 0 aromatic heterocycles. The number of aliphatic hydroxyl groups is 1. The van der Waals surface area contributed by atoms with Crippen molar-refractivity contribution < 1.29 is 27.0 Å². The summed E-state index contributed by atoms with van der Waals surface area (Å²) in [5.41, 5.74) is 2.60. The number of sulfonamides is 1. The van der Waals surface area contributed by atoms with Gasteiger partial charge in [0.15, 0.2) is 12.6 Å². The molecule has 0 aliphatic carbocycles. The van der Waals surface area contributed by atoms with Crippen molar-refractivity contribution in [2.24, 2.45) is 0 Å². The summed E-state index contributed by atoms with van der Waals surface area (Å²) in [7, 11) is -3.60. The first-order valence-electron chi connectivity index (χ1n) is 10.6. The van der Waals surface area contributed by atoms with Crippen LogP contribution in [0.3, 0.4) is 0 Å². The molecule has 3 rings (SSSR count). The van der Waals surface area contributed by atoms with Crippen LogP contribution < -0.4 is 10.0 Å². The molecule has 1 heterocycles. The molecule has 0 spiro atoms. The Labute approximate surface area is 193 Å². The molecule has 0 radical (unpaired) electrons. The quantitative estimate of drug-likeness (QED) is 0.456. The first-order chi connectivity index (χ1) is 15.6. The van der Waals surface area contributed by atoms with Crippen molar-refractivity contribution in [3.8, 4) is 0 Å². The maximum atomic E-state index is 13.8.